The summed E-state index contributed by atoms with van der Waals surface area (Å²) in [6.07, 6.45) is 1.92. The first-order valence-corrected chi connectivity index (χ1v) is 3.74. The molecule has 4 nitrogen and oxygen atoms in total. The van der Waals surface area contributed by atoms with Gasteiger partial charge >= 0.3 is 0 Å². The average molecular weight is 178 g/mol. The van der Waals surface area contributed by atoms with Crippen LogP contribution in [0.1, 0.15) is 11.1 Å². The molecule has 1 radical (unpaired) electrons. The topological polar surface area (TPSA) is 60.2 Å². The Hall–Kier alpha value is -1.71. The standard InChI is InChI=1S/C9H8NO3/c1-7-6-8(4-5-11)2-3-9(7)10(12)13/h2-3,6H,4H2,1H3. The Bertz CT molecular complexity index is 347. The fourth-order valence-corrected chi connectivity index (χ4v) is 1.12. The highest BCUT2D eigenvalue weighted by molar-refractivity contribution is 5.57. The third-order valence-electron chi connectivity index (χ3n) is 1.73. The second kappa shape index (κ2) is 3.80. The summed E-state index contributed by atoms with van der Waals surface area (Å²) in [5.74, 6) is 0. The lowest BCUT2D eigenvalue weighted by Gasteiger charge is -1.98. The fourth-order valence-electron chi connectivity index (χ4n) is 1.12. The summed E-state index contributed by atoms with van der Waals surface area (Å²) in [4.78, 5) is 20.0. The van der Waals surface area contributed by atoms with Gasteiger partial charge < -0.3 is 0 Å². The number of carbonyl (C=O) groups excluding carboxylic acids is 1. The predicted octanol–water partition coefficient (Wildman–Crippen LogP) is 1.56. The highest BCUT2D eigenvalue weighted by atomic mass is 16.6. The van der Waals surface area contributed by atoms with E-state index in [-0.39, 0.29) is 12.1 Å². The van der Waals surface area contributed by atoms with Crippen LogP contribution in [0.5, 0.6) is 0 Å². The highest BCUT2D eigenvalue weighted by Gasteiger charge is 2.09. The Morgan fingerprint density at radius 1 is 1.54 bits per heavy atom. The number of nitro benzene ring substituents is 1. The molecule has 13 heavy (non-hydrogen) atoms. The lowest BCUT2D eigenvalue weighted by molar-refractivity contribution is -0.385. The van der Waals surface area contributed by atoms with Gasteiger partial charge in [0.2, 0.25) is 6.29 Å². The summed E-state index contributed by atoms with van der Waals surface area (Å²) in [6.45, 7) is 1.65. The van der Waals surface area contributed by atoms with Crippen LogP contribution in [0.25, 0.3) is 0 Å². The van der Waals surface area contributed by atoms with Gasteiger partial charge in [-0.2, -0.15) is 0 Å². The molecular formula is C9H8NO3. The van der Waals surface area contributed by atoms with E-state index in [0.717, 1.165) is 5.56 Å². The molecule has 0 N–H and O–H groups in total. The van der Waals surface area contributed by atoms with E-state index in [2.05, 4.69) is 0 Å². The lowest BCUT2D eigenvalue weighted by atomic mass is 10.1. The fraction of sp³-hybridized carbons (Fsp3) is 0.222. The van der Waals surface area contributed by atoms with Crippen LogP contribution < -0.4 is 0 Å². The van der Waals surface area contributed by atoms with Gasteiger partial charge in [0.25, 0.3) is 5.69 Å². The highest BCUT2D eigenvalue weighted by Crippen LogP contribution is 2.18. The van der Waals surface area contributed by atoms with Crippen molar-refractivity contribution in [3.63, 3.8) is 0 Å². The zero-order chi connectivity index (χ0) is 9.84. The van der Waals surface area contributed by atoms with Crippen LogP contribution >= 0.6 is 0 Å². The van der Waals surface area contributed by atoms with Crippen molar-refractivity contribution in [1.29, 1.82) is 0 Å². The minimum atomic E-state index is -0.441. The molecule has 0 aromatic heterocycles. The molecule has 1 aromatic carbocycles. The molecule has 0 saturated heterocycles. The SMILES string of the molecule is Cc1cc(C[C]=O)ccc1[N+](=O)[O-]. The van der Waals surface area contributed by atoms with E-state index < -0.39 is 4.92 Å². The minimum absolute atomic E-state index is 0.0784. The molecular weight excluding hydrogens is 170 g/mol. The Labute approximate surface area is 75.3 Å². The summed E-state index contributed by atoms with van der Waals surface area (Å²) in [6, 6.07) is 4.60. The number of benzene rings is 1. The van der Waals surface area contributed by atoms with Crippen LogP contribution in [0.4, 0.5) is 5.69 Å². The third kappa shape index (κ3) is 2.11. The van der Waals surface area contributed by atoms with Crippen molar-refractivity contribution < 1.29 is 9.72 Å². The van der Waals surface area contributed by atoms with Crippen molar-refractivity contribution in [2.45, 2.75) is 13.3 Å². The molecule has 0 fully saturated rings. The van der Waals surface area contributed by atoms with Crippen molar-refractivity contribution >= 4 is 12.0 Å². The van der Waals surface area contributed by atoms with Crippen LogP contribution in [0.15, 0.2) is 18.2 Å². The number of nitrogens with zero attached hydrogens (tertiary/aromatic N) is 1. The van der Waals surface area contributed by atoms with Gasteiger partial charge in [-0.25, -0.2) is 0 Å². The number of hydrogen-bond acceptors (Lipinski definition) is 3. The van der Waals surface area contributed by atoms with Crippen molar-refractivity contribution in [3.8, 4) is 0 Å². The van der Waals surface area contributed by atoms with Gasteiger partial charge in [0.15, 0.2) is 0 Å². The monoisotopic (exact) mass is 178 g/mol. The molecule has 1 aromatic rings. The second-order valence-electron chi connectivity index (χ2n) is 2.70. The van der Waals surface area contributed by atoms with Crippen molar-refractivity contribution in [2.75, 3.05) is 0 Å². The summed E-state index contributed by atoms with van der Waals surface area (Å²) in [5, 5.41) is 10.4. The Balaban J connectivity index is 3.05. The average Bonchev–Trinajstić information content (AvgIpc) is 2.04. The molecule has 0 atom stereocenters. The van der Waals surface area contributed by atoms with Gasteiger partial charge in [0.1, 0.15) is 0 Å². The van der Waals surface area contributed by atoms with E-state index in [9.17, 15) is 14.9 Å². The Morgan fingerprint density at radius 3 is 2.69 bits per heavy atom. The number of hydrogen-bond donors (Lipinski definition) is 0. The zero-order valence-corrected chi connectivity index (χ0v) is 7.11. The van der Waals surface area contributed by atoms with E-state index >= 15 is 0 Å². The van der Waals surface area contributed by atoms with Crippen LogP contribution in [0.2, 0.25) is 0 Å². The molecule has 4 heteroatoms. The number of nitro groups is 1. The van der Waals surface area contributed by atoms with Crippen molar-refractivity contribution in [1.82, 2.24) is 0 Å². The third-order valence-corrected chi connectivity index (χ3v) is 1.73. The molecule has 0 aliphatic heterocycles. The van der Waals surface area contributed by atoms with Crippen molar-refractivity contribution in [3.05, 3.63) is 39.4 Å². The lowest BCUT2D eigenvalue weighted by Crippen LogP contribution is -1.93. The number of aryl methyl sites for hydroxylation is 1. The van der Waals surface area contributed by atoms with Gasteiger partial charge in [0.05, 0.1) is 4.92 Å². The van der Waals surface area contributed by atoms with Crippen molar-refractivity contribution in [2.24, 2.45) is 0 Å². The van der Waals surface area contributed by atoms with Gasteiger partial charge in [-0.05, 0) is 18.6 Å². The largest absolute Gasteiger partial charge is 0.291 e. The quantitative estimate of drug-likeness (QED) is 0.521. The maximum Gasteiger partial charge on any atom is 0.272 e. The van der Waals surface area contributed by atoms with E-state index in [1.165, 1.54) is 6.07 Å². The predicted molar refractivity (Wildman–Crippen MR) is 47.2 cm³/mol. The first kappa shape index (κ1) is 9.38. The summed E-state index contributed by atoms with van der Waals surface area (Å²) in [7, 11) is 0. The number of rotatable bonds is 3. The summed E-state index contributed by atoms with van der Waals surface area (Å²) < 4.78 is 0. The van der Waals surface area contributed by atoms with Gasteiger partial charge in [-0.3, -0.25) is 14.9 Å². The second-order valence-corrected chi connectivity index (χ2v) is 2.70. The van der Waals surface area contributed by atoms with E-state index in [4.69, 9.17) is 0 Å². The summed E-state index contributed by atoms with van der Waals surface area (Å²) >= 11 is 0. The zero-order valence-electron chi connectivity index (χ0n) is 7.11. The molecule has 0 heterocycles. The molecule has 0 saturated carbocycles. The molecule has 0 spiro atoms. The summed E-state index contributed by atoms with van der Waals surface area (Å²) in [5.41, 5.74) is 1.39. The van der Waals surface area contributed by atoms with Gasteiger partial charge in [-0.1, -0.05) is 6.07 Å². The minimum Gasteiger partial charge on any atom is -0.291 e. The molecule has 0 aliphatic carbocycles. The Kier molecular flexibility index (Phi) is 2.74. The smallest absolute Gasteiger partial charge is 0.272 e. The first-order chi connectivity index (χ1) is 6.15. The Morgan fingerprint density at radius 2 is 2.23 bits per heavy atom. The van der Waals surface area contributed by atoms with Crippen LogP contribution in [-0.2, 0) is 11.2 Å². The first-order valence-electron chi connectivity index (χ1n) is 3.74. The van der Waals surface area contributed by atoms with Crippen LogP contribution in [0.3, 0.4) is 0 Å². The van der Waals surface area contributed by atoms with Gasteiger partial charge in [-0.15, -0.1) is 0 Å². The maximum absolute atomic E-state index is 10.4. The molecule has 0 unspecified atom stereocenters. The van der Waals surface area contributed by atoms with Crippen LogP contribution in [0, 0.1) is 17.0 Å². The molecule has 0 aliphatic rings. The molecule has 0 bridgehead atoms. The van der Waals surface area contributed by atoms with E-state index in [1.807, 2.05) is 0 Å². The van der Waals surface area contributed by atoms with Crippen LogP contribution in [-0.4, -0.2) is 11.2 Å². The van der Waals surface area contributed by atoms with Gasteiger partial charge in [0, 0.05) is 18.1 Å². The maximum atomic E-state index is 10.4. The molecule has 1 rings (SSSR count). The normalized spacial score (nSPS) is 9.62. The van der Waals surface area contributed by atoms with E-state index in [0.29, 0.717) is 5.56 Å². The molecule has 0 amide bonds. The molecule has 67 valence electrons. The van der Waals surface area contributed by atoms with E-state index in [1.54, 1.807) is 25.3 Å².